The fourth-order valence-electron chi connectivity index (χ4n) is 3.94. The van der Waals surface area contributed by atoms with E-state index < -0.39 is 0 Å². The van der Waals surface area contributed by atoms with Crippen LogP contribution in [0.4, 0.5) is 11.6 Å². The highest BCUT2D eigenvalue weighted by atomic mass is 16.1. The van der Waals surface area contributed by atoms with Crippen LogP contribution in [0, 0.1) is 0 Å². The van der Waals surface area contributed by atoms with E-state index in [9.17, 15) is 4.79 Å². The van der Waals surface area contributed by atoms with Gasteiger partial charge in [-0.25, -0.2) is 14.5 Å². The number of hydrogen-bond donors (Lipinski definition) is 1. The third-order valence-corrected chi connectivity index (χ3v) is 5.41. The molecule has 0 saturated heterocycles. The Hall–Kier alpha value is -3.42. The first kappa shape index (κ1) is 16.7. The van der Waals surface area contributed by atoms with E-state index in [4.69, 9.17) is 0 Å². The van der Waals surface area contributed by atoms with Crippen molar-refractivity contribution >= 4 is 22.8 Å². The highest BCUT2D eigenvalue weighted by Gasteiger charge is 2.23. The molecule has 0 bridgehead atoms. The van der Waals surface area contributed by atoms with Gasteiger partial charge in [-0.15, -0.1) is 0 Å². The number of imidazole rings is 1. The average molecular weight is 375 g/mol. The summed E-state index contributed by atoms with van der Waals surface area (Å²) in [4.78, 5) is 21.8. The largest absolute Gasteiger partial charge is 0.330 e. The molecule has 0 atom stereocenters. The molecule has 8 nitrogen and oxygen atoms in total. The maximum atomic E-state index is 12.7. The topological polar surface area (TPSA) is 82.6 Å². The lowest BCUT2D eigenvalue weighted by molar-refractivity contribution is 0.506. The minimum absolute atomic E-state index is 0.0167. The van der Waals surface area contributed by atoms with Crippen LogP contribution in [0.25, 0.3) is 16.9 Å². The molecule has 3 heterocycles. The molecule has 1 saturated carbocycles. The highest BCUT2D eigenvalue weighted by Crippen LogP contribution is 2.30. The molecule has 28 heavy (non-hydrogen) atoms. The Bertz CT molecular complexity index is 1170. The SMILES string of the molecule is Cn1c(=O)n(C2CCCC2)c2nc(Nc3ccc(-n4cccn4)cc3)ncc21. The van der Waals surface area contributed by atoms with E-state index in [0.717, 1.165) is 42.6 Å². The molecule has 1 aliphatic rings. The van der Waals surface area contributed by atoms with Crippen molar-refractivity contribution in [2.75, 3.05) is 5.32 Å². The highest BCUT2D eigenvalue weighted by molar-refractivity contribution is 5.73. The Morgan fingerprint density at radius 1 is 1.14 bits per heavy atom. The summed E-state index contributed by atoms with van der Waals surface area (Å²) in [5, 5.41) is 7.47. The number of nitrogens with one attached hydrogen (secondary N) is 1. The number of aromatic nitrogens is 6. The van der Waals surface area contributed by atoms with Crippen molar-refractivity contribution in [3.05, 3.63) is 59.4 Å². The van der Waals surface area contributed by atoms with Gasteiger partial charge in [0.05, 0.1) is 11.9 Å². The smallest absolute Gasteiger partial charge is 0.324 e. The first-order valence-electron chi connectivity index (χ1n) is 9.52. The Kier molecular flexibility index (Phi) is 3.96. The lowest BCUT2D eigenvalue weighted by atomic mass is 10.2. The lowest BCUT2D eigenvalue weighted by Gasteiger charge is -2.11. The van der Waals surface area contributed by atoms with Gasteiger partial charge in [-0.05, 0) is 43.2 Å². The van der Waals surface area contributed by atoms with Gasteiger partial charge in [0, 0.05) is 31.2 Å². The molecule has 8 heteroatoms. The second kappa shape index (κ2) is 6.63. The molecule has 0 aliphatic heterocycles. The van der Waals surface area contributed by atoms with Crippen LogP contribution in [-0.4, -0.2) is 28.9 Å². The normalized spacial score (nSPS) is 14.8. The quantitative estimate of drug-likeness (QED) is 0.592. The fraction of sp³-hybridized carbons (Fsp3) is 0.300. The summed E-state index contributed by atoms with van der Waals surface area (Å²) in [5.41, 5.74) is 3.30. The predicted octanol–water partition coefficient (Wildman–Crippen LogP) is 3.17. The first-order chi connectivity index (χ1) is 13.7. The molecular weight excluding hydrogens is 354 g/mol. The predicted molar refractivity (Wildman–Crippen MR) is 107 cm³/mol. The van der Waals surface area contributed by atoms with Crippen LogP contribution in [0.3, 0.4) is 0 Å². The van der Waals surface area contributed by atoms with Crippen LogP contribution >= 0.6 is 0 Å². The van der Waals surface area contributed by atoms with Crippen LogP contribution in [-0.2, 0) is 7.05 Å². The number of benzene rings is 1. The standard InChI is InChI=1S/C20H21N7O/c1-25-17-13-21-19(24-18(17)27(20(25)28)16-5-2-3-6-16)23-14-7-9-15(10-8-14)26-12-4-11-22-26/h4,7-13,16H,2-3,5-6H2,1H3,(H,21,23,24). The van der Waals surface area contributed by atoms with Crippen molar-refractivity contribution in [2.24, 2.45) is 7.05 Å². The maximum absolute atomic E-state index is 12.7. The molecular formula is C20H21N7O. The second-order valence-corrected chi connectivity index (χ2v) is 7.17. The van der Waals surface area contributed by atoms with E-state index >= 15 is 0 Å². The van der Waals surface area contributed by atoms with Gasteiger partial charge >= 0.3 is 5.69 Å². The molecule has 3 aromatic heterocycles. The van der Waals surface area contributed by atoms with Crippen molar-refractivity contribution in [2.45, 2.75) is 31.7 Å². The molecule has 0 amide bonds. The first-order valence-corrected chi connectivity index (χ1v) is 9.52. The zero-order valence-electron chi connectivity index (χ0n) is 15.6. The number of aryl methyl sites for hydroxylation is 1. The molecule has 1 fully saturated rings. The van der Waals surface area contributed by atoms with Crippen LogP contribution in [0.2, 0.25) is 0 Å². The molecule has 142 valence electrons. The Labute approximate surface area is 161 Å². The summed E-state index contributed by atoms with van der Waals surface area (Å²) in [5.74, 6) is 0.483. The molecule has 4 aromatic rings. The molecule has 0 spiro atoms. The van der Waals surface area contributed by atoms with Gasteiger partial charge in [0.2, 0.25) is 5.95 Å². The third-order valence-electron chi connectivity index (χ3n) is 5.41. The van der Waals surface area contributed by atoms with Crippen molar-refractivity contribution in [3.63, 3.8) is 0 Å². The maximum Gasteiger partial charge on any atom is 0.330 e. The summed E-state index contributed by atoms with van der Waals surface area (Å²) >= 11 is 0. The van der Waals surface area contributed by atoms with Gasteiger partial charge in [-0.2, -0.15) is 10.1 Å². The summed E-state index contributed by atoms with van der Waals surface area (Å²) in [6.07, 6.45) is 9.74. The van der Waals surface area contributed by atoms with Crippen molar-refractivity contribution in [1.82, 2.24) is 28.9 Å². The lowest BCUT2D eigenvalue weighted by Crippen LogP contribution is -2.25. The molecule has 1 aromatic carbocycles. The van der Waals surface area contributed by atoms with Crippen LogP contribution in [0.5, 0.6) is 0 Å². The summed E-state index contributed by atoms with van der Waals surface area (Å²) in [6, 6.07) is 9.99. The van der Waals surface area contributed by atoms with Crippen LogP contribution < -0.4 is 11.0 Å². The number of anilines is 2. The van der Waals surface area contributed by atoms with Gasteiger partial charge in [0.1, 0.15) is 5.52 Å². The van der Waals surface area contributed by atoms with Crippen molar-refractivity contribution in [1.29, 1.82) is 0 Å². The summed E-state index contributed by atoms with van der Waals surface area (Å²) < 4.78 is 5.28. The Morgan fingerprint density at radius 2 is 1.93 bits per heavy atom. The van der Waals surface area contributed by atoms with E-state index in [2.05, 4.69) is 20.4 Å². The summed E-state index contributed by atoms with van der Waals surface area (Å²) in [7, 11) is 1.78. The van der Waals surface area contributed by atoms with E-state index in [1.165, 1.54) is 0 Å². The third kappa shape index (κ3) is 2.77. The Balaban J connectivity index is 1.48. The zero-order valence-corrected chi connectivity index (χ0v) is 15.6. The van der Waals surface area contributed by atoms with Crippen LogP contribution in [0.1, 0.15) is 31.7 Å². The average Bonchev–Trinajstić information content (AvgIpc) is 3.46. The number of fused-ring (bicyclic) bond motifs is 1. The molecule has 1 N–H and O–H groups in total. The minimum Gasteiger partial charge on any atom is -0.324 e. The molecule has 5 rings (SSSR count). The van der Waals surface area contributed by atoms with E-state index in [-0.39, 0.29) is 11.7 Å². The molecule has 1 aliphatic carbocycles. The van der Waals surface area contributed by atoms with Gasteiger partial charge in [0.25, 0.3) is 0 Å². The Morgan fingerprint density at radius 3 is 2.64 bits per heavy atom. The number of hydrogen-bond acceptors (Lipinski definition) is 5. The summed E-state index contributed by atoms with van der Waals surface area (Å²) in [6.45, 7) is 0. The van der Waals surface area contributed by atoms with Crippen molar-refractivity contribution in [3.8, 4) is 5.69 Å². The minimum atomic E-state index is -0.0167. The van der Waals surface area contributed by atoms with E-state index in [0.29, 0.717) is 11.6 Å². The molecule has 0 unspecified atom stereocenters. The molecule has 0 radical (unpaired) electrons. The fourth-order valence-corrected chi connectivity index (χ4v) is 3.94. The van der Waals surface area contributed by atoms with Gasteiger partial charge in [0.15, 0.2) is 5.65 Å². The van der Waals surface area contributed by atoms with Gasteiger partial charge in [-0.1, -0.05) is 12.8 Å². The van der Waals surface area contributed by atoms with Crippen LogP contribution in [0.15, 0.2) is 53.7 Å². The van der Waals surface area contributed by atoms with E-state index in [1.807, 2.05) is 41.1 Å². The van der Waals surface area contributed by atoms with Gasteiger partial charge in [-0.3, -0.25) is 9.13 Å². The number of rotatable bonds is 4. The monoisotopic (exact) mass is 375 g/mol. The second-order valence-electron chi connectivity index (χ2n) is 7.17. The number of nitrogens with zero attached hydrogens (tertiary/aromatic N) is 6. The van der Waals surface area contributed by atoms with Crippen molar-refractivity contribution < 1.29 is 0 Å². The van der Waals surface area contributed by atoms with E-state index in [1.54, 1.807) is 28.7 Å². The zero-order chi connectivity index (χ0) is 19.1. The van der Waals surface area contributed by atoms with Gasteiger partial charge < -0.3 is 5.32 Å².